The fourth-order valence-corrected chi connectivity index (χ4v) is 2.79. The summed E-state index contributed by atoms with van der Waals surface area (Å²) >= 11 is 0. The molecule has 0 atom stereocenters. The number of benzene rings is 1. The van der Waals surface area contributed by atoms with Crippen LogP contribution in [0.3, 0.4) is 0 Å². The van der Waals surface area contributed by atoms with E-state index in [2.05, 4.69) is 15.2 Å². The highest BCUT2D eigenvalue weighted by molar-refractivity contribution is 5.99. The number of amides is 2. The van der Waals surface area contributed by atoms with Gasteiger partial charge in [0.2, 0.25) is 0 Å². The van der Waals surface area contributed by atoms with Gasteiger partial charge in [-0.05, 0) is 19.2 Å². The first kappa shape index (κ1) is 18.0. The lowest BCUT2D eigenvalue weighted by molar-refractivity contribution is 0.0663. The summed E-state index contributed by atoms with van der Waals surface area (Å²) in [5.41, 5.74) is 1.06. The SMILES string of the molecule is CN1CCN(C(=O)c2cncc(C(=O)NCc3ccccc3F)c2)CC1. The number of likely N-dealkylation sites (N-methyl/N-ethyl adjacent to an activating group) is 1. The first-order chi connectivity index (χ1) is 12.5. The first-order valence-corrected chi connectivity index (χ1v) is 8.49. The van der Waals surface area contributed by atoms with Crippen molar-refractivity contribution in [1.29, 1.82) is 0 Å². The van der Waals surface area contributed by atoms with Crippen LogP contribution in [-0.2, 0) is 6.54 Å². The molecular weight excluding hydrogens is 335 g/mol. The summed E-state index contributed by atoms with van der Waals surface area (Å²) in [5, 5.41) is 2.66. The first-order valence-electron chi connectivity index (χ1n) is 8.49. The van der Waals surface area contributed by atoms with E-state index >= 15 is 0 Å². The van der Waals surface area contributed by atoms with Crippen molar-refractivity contribution < 1.29 is 14.0 Å². The van der Waals surface area contributed by atoms with Gasteiger partial charge in [0, 0.05) is 50.7 Å². The molecule has 0 radical (unpaired) electrons. The summed E-state index contributed by atoms with van der Waals surface area (Å²) < 4.78 is 13.6. The maximum atomic E-state index is 13.6. The largest absolute Gasteiger partial charge is 0.348 e. The Kier molecular flexibility index (Phi) is 5.58. The minimum absolute atomic E-state index is 0.0716. The number of carbonyl (C=O) groups is 2. The van der Waals surface area contributed by atoms with Crippen LogP contribution < -0.4 is 5.32 Å². The predicted molar refractivity (Wildman–Crippen MR) is 95.2 cm³/mol. The van der Waals surface area contributed by atoms with Gasteiger partial charge in [0.25, 0.3) is 11.8 Å². The highest BCUT2D eigenvalue weighted by Crippen LogP contribution is 2.10. The van der Waals surface area contributed by atoms with Crippen LogP contribution in [0.15, 0.2) is 42.7 Å². The molecule has 1 aromatic carbocycles. The minimum atomic E-state index is -0.395. The van der Waals surface area contributed by atoms with Crippen molar-refractivity contribution in [3.05, 3.63) is 65.2 Å². The van der Waals surface area contributed by atoms with Gasteiger partial charge in [-0.2, -0.15) is 0 Å². The van der Waals surface area contributed by atoms with E-state index in [1.54, 1.807) is 23.1 Å². The van der Waals surface area contributed by atoms with Crippen LogP contribution in [0.25, 0.3) is 0 Å². The molecule has 0 saturated carbocycles. The van der Waals surface area contributed by atoms with E-state index in [-0.39, 0.29) is 23.8 Å². The van der Waals surface area contributed by atoms with Crippen molar-refractivity contribution >= 4 is 11.8 Å². The number of nitrogens with one attached hydrogen (secondary N) is 1. The van der Waals surface area contributed by atoms with Gasteiger partial charge < -0.3 is 15.1 Å². The lowest BCUT2D eigenvalue weighted by Gasteiger charge is -2.32. The van der Waals surface area contributed by atoms with Crippen LogP contribution in [0.5, 0.6) is 0 Å². The maximum Gasteiger partial charge on any atom is 0.255 e. The predicted octanol–water partition coefficient (Wildman–Crippen LogP) is 1.54. The molecule has 1 aromatic heterocycles. The van der Waals surface area contributed by atoms with Gasteiger partial charge in [-0.1, -0.05) is 18.2 Å². The number of hydrogen-bond acceptors (Lipinski definition) is 4. The number of halogens is 1. The van der Waals surface area contributed by atoms with Crippen LogP contribution in [-0.4, -0.2) is 59.8 Å². The zero-order chi connectivity index (χ0) is 18.5. The van der Waals surface area contributed by atoms with Crippen LogP contribution in [0, 0.1) is 5.82 Å². The molecule has 2 amide bonds. The van der Waals surface area contributed by atoms with Gasteiger partial charge in [0.1, 0.15) is 5.82 Å². The molecule has 1 saturated heterocycles. The second kappa shape index (κ2) is 8.05. The molecule has 2 aromatic rings. The quantitative estimate of drug-likeness (QED) is 0.903. The molecular formula is C19H21FN4O2. The average Bonchev–Trinajstić information content (AvgIpc) is 2.67. The Balaban J connectivity index is 1.65. The van der Waals surface area contributed by atoms with Crippen molar-refractivity contribution in [1.82, 2.24) is 20.1 Å². The highest BCUT2D eigenvalue weighted by atomic mass is 19.1. The number of nitrogens with zero attached hydrogens (tertiary/aromatic N) is 3. The van der Waals surface area contributed by atoms with Gasteiger partial charge in [-0.3, -0.25) is 14.6 Å². The molecule has 1 fully saturated rings. The van der Waals surface area contributed by atoms with E-state index in [1.807, 2.05) is 7.05 Å². The molecule has 1 N–H and O–H groups in total. The topological polar surface area (TPSA) is 65.5 Å². The van der Waals surface area contributed by atoms with Gasteiger partial charge in [-0.15, -0.1) is 0 Å². The van der Waals surface area contributed by atoms with E-state index in [0.717, 1.165) is 13.1 Å². The van der Waals surface area contributed by atoms with E-state index in [4.69, 9.17) is 0 Å². The van der Waals surface area contributed by atoms with Crippen molar-refractivity contribution in [2.75, 3.05) is 33.2 Å². The third-order valence-corrected chi connectivity index (χ3v) is 4.44. The average molecular weight is 356 g/mol. The van der Waals surface area contributed by atoms with E-state index in [1.165, 1.54) is 24.5 Å². The summed E-state index contributed by atoms with van der Waals surface area (Å²) in [6.45, 7) is 3.02. The number of hydrogen-bond donors (Lipinski definition) is 1. The Morgan fingerprint density at radius 3 is 2.54 bits per heavy atom. The molecule has 3 rings (SSSR count). The number of piperazine rings is 1. The third kappa shape index (κ3) is 4.23. The lowest BCUT2D eigenvalue weighted by atomic mass is 10.1. The van der Waals surface area contributed by atoms with Gasteiger partial charge in [-0.25, -0.2) is 4.39 Å². The Bertz CT molecular complexity index is 804. The van der Waals surface area contributed by atoms with E-state index in [9.17, 15) is 14.0 Å². The summed E-state index contributed by atoms with van der Waals surface area (Å²) in [6.07, 6.45) is 2.87. The fourth-order valence-electron chi connectivity index (χ4n) is 2.79. The van der Waals surface area contributed by atoms with Crippen molar-refractivity contribution in [2.45, 2.75) is 6.54 Å². The number of rotatable bonds is 4. The molecule has 0 unspecified atom stereocenters. The molecule has 7 heteroatoms. The summed E-state index contributed by atoms with van der Waals surface area (Å²) in [4.78, 5) is 32.8. The second-order valence-electron chi connectivity index (χ2n) is 6.33. The van der Waals surface area contributed by atoms with Gasteiger partial charge in [0.15, 0.2) is 0 Å². The van der Waals surface area contributed by atoms with Crippen LogP contribution in [0.1, 0.15) is 26.3 Å². The minimum Gasteiger partial charge on any atom is -0.348 e. The molecule has 2 heterocycles. The molecule has 0 bridgehead atoms. The van der Waals surface area contributed by atoms with Gasteiger partial charge in [0.05, 0.1) is 11.1 Å². The Morgan fingerprint density at radius 1 is 1.12 bits per heavy atom. The van der Waals surface area contributed by atoms with Crippen molar-refractivity contribution in [3.63, 3.8) is 0 Å². The highest BCUT2D eigenvalue weighted by Gasteiger charge is 2.21. The smallest absolute Gasteiger partial charge is 0.255 e. The molecule has 6 nitrogen and oxygen atoms in total. The number of aromatic nitrogens is 1. The molecule has 0 aliphatic carbocycles. The van der Waals surface area contributed by atoms with Gasteiger partial charge >= 0.3 is 0 Å². The standard InChI is InChI=1S/C19H21FN4O2/c1-23-6-8-24(9-7-23)19(26)16-10-15(11-21-12-16)18(25)22-13-14-4-2-3-5-17(14)20/h2-5,10-12H,6-9,13H2,1H3,(H,22,25). The lowest BCUT2D eigenvalue weighted by Crippen LogP contribution is -2.47. The zero-order valence-electron chi connectivity index (χ0n) is 14.6. The molecule has 26 heavy (non-hydrogen) atoms. The molecule has 1 aliphatic heterocycles. The van der Waals surface area contributed by atoms with Crippen LogP contribution >= 0.6 is 0 Å². The van der Waals surface area contributed by atoms with Crippen molar-refractivity contribution in [2.24, 2.45) is 0 Å². The number of pyridine rings is 1. The summed E-state index contributed by atoms with van der Waals surface area (Å²) in [7, 11) is 2.02. The second-order valence-corrected chi connectivity index (χ2v) is 6.33. The van der Waals surface area contributed by atoms with E-state index < -0.39 is 5.91 Å². The normalized spacial score (nSPS) is 14.9. The molecule has 0 spiro atoms. The fraction of sp³-hybridized carbons (Fsp3) is 0.316. The summed E-state index contributed by atoms with van der Waals surface area (Å²) in [6, 6.07) is 7.80. The summed E-state index contributed by atoms with van der Waals surface area (Å²) in [5.74, 6) is -0.895. The van der Waals surface area contributed by atoms with Crippen LogP contribution in [0.2, 0.25) is 0 Å². The van der Waals surface area contributed by atoms with E-state index in [0.29, 0.717) is 24.2 Å². The Labute approximate surface area is 151 Å². The number of carbonyl (C=O) groups excluding carboxylic acids is 2. The monoisotopic (exact) mass is 356 g/mol. The zero-order valence-corrected chi connectivity index (χ0v) is 14.6. The third-order valence-electron chi connectivity index (χ3n) is 4.44. The Hall–Kier alpha value is -2.80. The van der Waals surface area contributed by atoms with Crippen molar-refractivity contribution in [3.8, 4) is 0 Å². The maximum absolute atomic E-state index is 13.6. The van der Waals surface area contributed by atoms with Crippen LogP contribution in [0.4, 0.5) is 4.39 Å². The molecule has 136 valence electrons. The molecule has 1 aliphatic rings. The Morgan fingerprint density at radius 2 is 1.81 bits per heavy atom.